The Morgan fingerprint density at radius 1 is 1.40 bits per heavy atom. The van der Waals surface area contributed by atoms with Gasteiger partial charge in [-0.25, -0.2) is 13.1 Å². The first-order valence-electron chi connectivity index (χ1n) is 5.06. The fraction of sp³-hybridized carbons (Fsp3) is 1.00. The van der Waals surface area contributed by atoms with Gasteiger partial charge < -0.3 is 4.74 Å². The van der Waals surface area contributed by atoms with Crippen LogP contribution in [0.5, 0.6) is 0 Å². The molecule has 0 amide bonds. The van der Waals surface area contributed by atoms with Gasteiger partial charge in [-0.1, -0.05) is 22.9 Å². The van der Waals surface area contributed by atoms with Gasteiger partial charge in [-0.05, 0) is 19.8 Å². The molecule has 0 spiro atoms. The number of ether oxygens (including phenoxy) is 1. The van der Waals surface area contributed by atoms with E-state index < -0.39 is 10.0 Å². The first-order valence-corrected chi connectivity index (χ1v) is 7.84. The second kappa shape index (κ2) is 7.60. The molecule has 0 aliphatic carbocycles. The summed E-state index contributed by atoms with van der Waals surface area (Å²) in [6.45, 7) is 6.49. The first-order chi connectivity index (χ1) is 6.93. The molecule has 0 bridgehead atoms. The van der Waals surface area contributed by atoms with Crippen molar-refractivity contribution in [1.29, 1.82) is 0 Å². The van der Waals surface area contributed by atoms with Crippen molar-refractivity contribution < 1.29 is 13.2 Å². The van der Waals surface area contributed by atoms with Crippen molar-refractivity contribution in [2.75, 3.05) is 24.3 Å². The standard InChI is InChI=1S/C9H20BrNO3S/c1-4-14-5-6-15(12,13)11-9(3)8(2)7-10/h8-9,11H,4-7H2,1-3H3. The van der Waals surface area contributed by atoms with Crippen LogP contribution in [0.4, 0.5) is 0 Å². The van der Waals surface area contributed by atoms with E-state index in [1.54, 1.807) is 0 Å². The average Bonchev–Trinajstić information content (AvgIpc) is 2.16. The van der Waals surface area contributed by atoms with Crippen LogP contribution < -0.4 is 4.72 Å². The zero-order valence-corrected chi connectivity index (χ0v) is 11.9. The predicted molar refractivity (Wildman–Crippen MR) is 65.8 cm³/mol. The molecule has 0 radical (unpaired) electrons. The molecule has 6 heteroatoms. The van der Waals surface area contributed by atoms with Gasteiger partial charge in [0.25, 0.3) is 0 Å². The predicted octanol–water partition coefficient (Wildman–Crippen LogP) is 1.36. The number of alkyl halides is 1. The summed E-state index contributed by atoms with van der Waals surface area (Å²) in [7, 11) is -3.20. The largest absolute Gasteiger partial charge is 0.381 e. The Labute approximate surface area is 101 Å². The summed E-state index contributed by atoms with van der Waals surface area (Å²) < 4.78 is 30.7. The number of rotatable bonds is 8. The van der Waals surface area contributed by atoms with E-state index in [9.17, 15) is 8.42 Å². The minimum absolute atomic E-state index is 0.0280. The molecule has 92 valence electrons. The lowest BCUT2D eigenvalue weighted by Gasteiger charge is -2.19. The van der Waals surface area contributed by atoms with Crippen LogP contribution in [0.1, 0.15) is 20.8 Å². The summed E-state index contributed by atoms with van der Waals surface area (Å²) >= 11 is 3.33. The van der Waals surface area contributed by atoms with Gasteiger partial charge in [0.2, 0.25) is 10.0 Å². The molecule has 0 aromatic carbocycles. The molecule has 2 atom stereocenters. The van der Waals surface area contributed by atoms with Crippen molar-refractivity contribution in [2.24, 2.45) is 5.92 Å². The van der Waals surface area contributed by atoms with Crippen LogP contribution in [0.25, 0.3) is 0 Å². The van der Waals surface area contributed by atoms with Crippen molar-refractivity contribution in [2.45, 2.75) is 26.8 Å². The van der Waals surface area contributed by atoms with Crippen molar-refractivity contribution in [3.8, 4) is 0 Å². The highest BCUT2D eigenvalue weighted by molar-refractivity contribution is 9.09. The van der Waals surface area contributed by atoms with Crippen molar-refractivity contribution in [3.05, 3.63) is 0 Å². The van der Waals surface area contributed by atoms with Gasteiger partial charge in [0.15, 0.2) is 0 Å². The lowest BCUT2D eigenvalue weighted by Crippen LogP contribution is -2.39. The molecule has 0 saturated carbocycles. The van der Waals surface area contributed by atoms with E-state index in [1.807, 2.05) is 20.8 Å². The second-order valence-corrected chi connectivity index (χ2v) is 6.07. The van der Waals surface area contributed by atoms with Gasteiger partial charge in [0.05, 0.1) is 12.4 Å². The molecule has 0 heterocycles. The maximum atomic E-state index is 11.5. The number of hydrogen-bond acceptors (Lipinski definition) is 3. The summed E-state index contributed by atoms with van der Waals surface area (Å²) in [6.07, 6.45) is 0. The maximum Gasteiger partial charge on any atom is 0.214 e. The Bertz CT molecular complexity index is 256. The van der Waals surface area contributed by atoms with Crippen LogP contribution in [0.2, 0.25) is 0 Å². The number of halogens is 1. The molecular formula is C9H20BrNO3S. The summed E-state index contributed by atoms with van der Waals surface area (Å²) in [6, 6.07) is -0.0593. The van der Waals surface area contributed by atoms with Crippen molar-refractivity contribution >= 4 is 26.0 Å². The summed E-state index contributed by atoms with van der Waals surface area (Å²) in [5.74, 6) is 0.298. The highest BCUT2D eigenvalue weighted by atomic mass is 79.9. The van der Waals surface area contributed by atoms with Crippen molar-refractivity contribution in [1.82, 2.24) is 4.72 Å². The molecular weight excluding hydrogens is 282 g/mol. The van der Waals surface area contributed by atoms with E-state index in [2.05, 4.69) is 20.7 Å². The van der Waals surface area contributed by atoms with Gasteiger partial charge >= 0.3 is 0 Å². The second-order valence-electron chi connectivity index (χ2n) is 3.55. The molecule has 0 rings (SSSR count). The minimum Gasteiger partial charge on any atom is -0.381 e. The smallest absolute Gasteiger partial charge is 0.214 e. The number of nitrogens with one attached hydrogen (secondary N) is 1. The molecule has 0 aromatic heterocycles. The van der Waals surface area contributed by atoms with Gasteiger partial charge in [-0.2, -0.15) is 0 Å². The van der Waals surface area contributed by atoms with E-state index in [-0.39, 0.29) is 24.3 Å². The molecule has 0 aliphatic heterocycles. The van der Waals surface area contributed by atoms with Gasteiger partial charge in [0.1, 0.15) is 0 Å². The van der Waals surface area contributed by atoms with Crippen LogP contribution >= 0.6 is 15.9 Å². The zero-order chi connectivity index (χ0) is 11.9. The highest BCUT2D eigenvalue weighted by Crippen LogP contribution is 2.07. The highest BCUT2D eigenvalue weighted by Gasteiger charge is 2.18. The monoisotopic (exact) mass is 301 g/mol. The molecule has 0 aromatic rings. The lowest BCUT2D eigenvalue weighted by atomic mass is 10.1. The van der Waals surface area contributed by atoms with Gasteiger partial charge in [-0.15, -0.1) is 0 Å². The lowest BCUT2D eigenvalue weighted by molar-refractivity contribution is 0.163. The quantitative estimate of drug-likeness (QED) is 0.544. The number of hydrogen-bond donors (Lipinski definition) is 1. The van der Waals surface area contributed by atoms with Crippen molar-refractivity contribution in [3.63, 3.8) is 0 Å². The summed E-state index contributed by atoms with van der Waals surface area (Å²) in [4.78, 5) is 0. The molecule has 2 unspecified atom stereocenters. The Morgan fingerprint density at radius 2 is 2.00 bits per heavy atom. The fourth-order valence-electron chi connectivity index (χ4n) is 0.905. The SMILES string of the molecule is CCOCCS(=O)(=O)NC(C)C(C)CBr. The van der Waals surface area contributed by atoms with E-state index in [1.165, 1.54) is 0 Å². The van der Waals surface area contributed by atoms with Crippen LogP contribution in [0.15, 0.2) is 0 Å². The third-order valence-electron chi connectivity index (χ3n) is 2.16. The summed E-state index contributed by atoms with van der Waals surface area (Å²) in [5.41, 5.74) is 0. The third kappa shape index (κ3) is 7.27. The summed E-state index contributed by atoms with van der Waals surface area (Å²) in [5, 5.41) is 0.780. The Hall–Kier alpha value is 0.350. The van der Waals surface area contributed by atoms with Crippen LogP contribution in [0.3, 0.4) is 0 Å². The van der Waals surface area contributed by atoms with E-state index >= 15 is 0 Å². The molecule has 15 heavy (non-hydrogen) atoms. The number of sulfonamides is 1. The normalized spacial score (nSPS) is 16.3. The average molecular weight is 302 g/mol. The molecule has 0 saturated heterocycles. The molecule has 0 aliphatic rings. The van der Waals surface area contributed by atoms with Gasteiger partial charge in [-0.3, -0.25) is 0 Å². The van der Waals surface area contributed by atoms with E-state index in [4.69, 9.17) is 4.74 Å². The Morgan fingerprint density at radius 3 is 2.47 bits per heavy atom. The van der Waals surface area contributed by atoms with Crippen LogP contribution in [-0.4, -0.2) is 38.8 Å². The van der Waals surface area contributed by atoms with Crippen LogP contribution in [-0.2, 0) is 14.8 Å². The zero-order valence-electron chi connectivity index (χ0n) is 9.49. The Balaban J connectivity index is 4.02. The van der Waals surface area contributed by atoms with Gasteiger partial charge in [0, 0.05) is 18.0 Å². The third-order valence-corrected chi connectivity index (χ3v) is 4.62. The molecule has 4 nitrogen and oxygen atoms in total. The topological polar surface area (TPSA) is 55.4 Å². The first kappa shape index (κ1) is 15.3. The molecule has 1 N–H and O–H groups in total. The minimum atomic E-state index is -3.20. The maximum absolute atomic E-state index is 11.5. The fourth-order valence-corrected chi connectivity index (χ4v) is 2.72. The van der Waals surface area contributed by atoms with Crippen LogP contribution in [0, 0.1) is 5.92 Å². The van der Waals surface area contributed by atoms with E-state index in [0.717, 1.165) is 5.33 Å². The van der Waals surface area contributed by atoms with E-state index in [0.29, 0.717) is 6.61 Å². The Kier molecular flexibility index (Phi) is 7.77. The molecule has 0 fully saturated rings.